The van der Waals surface area contributed by atoms with Gasteiger partial charge in [-0.3, -0.25) is 14.3 Å². The van der Waals surface area contributed by atoms with Crippen molar-refractivity contribution in [3.05, 3.63) is 33.1 Å². The third-order valence-electron chi connectivity index (χ3n) is 2.97. The molecule has 100 valence electrons. The molecule has 0 aromatic carbocycles. The van der Waals surface area contributed by atoms with Crippen molar-refractivity contribution < 1.29 is 18.6 Å². The topological polar surface area (TPSA) is 84.3 Å². The molecule has 0 aliphatic carbocycles. The van der Waals surface area contributed by atoms with Crippen LogP contribution >= 0.6 is 0 Å². The zero-order chi connectivity index (χ0) is 13.5. The maximum absolute atomic E-state index is 14.3. The lowest BCUT2D eigenvalue weighted by molar-refractivity contribution is -0.0543. The molecule has 6 nitrogen and oxygen atoms in total. The molecule has 1 aliphatic rings. The minimum atomic E-state index is -2.33. The quantitative estimate of drug-likeness (QED) is 0.752. The van der Waals surface area contributed by atoms with E-state index in [1.807, 2.05) is 4.98 Å². The molecule has 2 N–H and O–H groups in total. The predicted octanol–water partition coefficient (Wildman–Crippen LogP) is -0.507. The summed E-state index contributed by atoms with van der Waals surface area (Å²) in [6.45, 7) is -0.0647. The van der Waals surface area contributed by atoms with Gasteiger partial charge in [-0.2, -0.15) is 0 Å². The maximum Gasteiger partial charge on any atom is 0.330 e. The van der Waals surface area contributed by atoms with Gasteiger partial charge in [0.15, 0.2) is 11.9 Å². The molecule has 1 saturated heterocycles. The first-order valence-corrected chi connectivity index (χ1v) is 5.28. The molecule has 1 aliphatic heterocycles. The van der Waals surface area contributed by atoms with Gasteiger partial charge in [0.1, 0.15) is 18.9 Å². The van der Waals surface area contributed by atoms with Crippen LogP contribution in [0, 0.1) is 0 Å². The first-order chi connectivity index (χ1) is 8.37. The van der Waals surface area contributed by atoms with Crippen LogP contribution in [0.1, 0.15) is 13.2 Å². The summed E-state index contributed by atoms with van der Waals surface area (Å²) in [7, 11) is 0. The zero-order valence-electron chi connectivity index (χ0n) is 9.47. The second-order valence-corrected chi connectivity index (χ2v) is 4.29. The van der Waals surface area contributed by atoms with Crippen LogP contribution in [0.2, 0.25) is 0 Å². The van der Waals surface area contributed by atoms with Crippen molar-refractivity contribution in [2.75, 3.05) is 6.67 Å². The lowest BCUT2D eigenvalue weighted by atomic mass is 9.99. The lowest BCUT2D eigenvalue weighted by Gasteiger charge is -2.24. The number of hydrogen-bond acceptors (Lipinski definition) is 4. The highest BCUT2D eigenvalue weighted by atomic mass is 19.1. The largest absolute Gasteiger partial charge is 0.387 e. The van der Waals surface area contributed by atoms with Crippen LogP contribution in [-0.4, -0.2) is 39.2 Å². The number of aromatic amines is 1. The summed E-state index contributed by atoms with van der Waals surface area (Å²) in [6, 6.07) is 1.01. The molecule has 2 heterocycles. The zero-order valence-corrected chi connectivity index (χ0v) is 9.47. The van der Waals surface area contributed by atoms with Crippen LogP contribution in [-0.2, 0) is 4.74 Å². The second-order valence-electron chi connectivity index (χ2n) is 4.29. The highest BCUT2D eigenvalue weighted by molar-refractivity contribution is 5.01. The van der Waals surface area contributed by atoms with Gasteiger partial charge in [-0.1, -0.05) is 0 Å². The van der Waals surface area contributed by atoms with Crippen LogP contribution in [0.25, 0.3) is 0 Å². The van der Waals surface area contributed by atoms with Gasteiger partial charge in [0.2, 0.25) is 0 Å². The standard InChI is InChI=1S/C10H12F2N2O4/c1-10(12)7(16)5(4-11)18-8(10)14-3-2-6(15)13-9(14)17/h2-3,5,7-8,16H,4H2,1H3,(H,13,15,17)/t5?,7-,8?,10-/m1/s1. The number of ether oxygens (including phenoxy) is 1. The second kappa shape index (κ2) is 4.29. The number of aliphatic hydroxyl groups excluding tert-OH is 1. The van der Waals surface area contributed by atoms with Crippen molar-refractivity contribution in [2.45, 2.75) is 31.0 Å². The van der Waals surface area contributed by atoms with Gasteiger partial charge in [-0.25, -0.2) is 13.6 Å². The Morgan fingerprint density at radius 1 is 1.61 bits per heavy atom. The molecular formula is C10H12F2N2O4. The molecule has 1 aromatic heterocycles. The highest BCUT2D eigenvalue weighted by Gasteiger charge is 2.55. The fourth-order valence-corrected chi connectivity index (χ4v) is 1.95. The van der Waals surface area contributed by atoms with Crippen molar-refractivity contribution in [1.82, 2.24) is 9.55 Å². The van der Waals surface area contributed by atoms with E-state index in [2.05, 4.69) is 0 Å². The van der Waals surface area contributed by atoms with Crippen molar-refractivity contribution in [1.29, 1.82) is 0 Å². The monoisotopic (exact) mass is 262 g/mol. The summed E-state index contributed by atoms with van der Waals surface area (Å²) >= 11 is 0. The van der Waals surface area contributed by atoms with Gasteiger partial charge in [0.05, 0.1) is 0 Å². The molecule has 4 atom stereocenters. The Hall–Kier alpha value is -1.54. The van der Waals surface area contributed by atoms with Crippen LogP contribution in [0.3, 0.4) is 0 Å². The molecule has 1 aromatic rings. The van der Waals surface area contributed by atoms with E-state index in [1.54, 1.807) is 0 Å². The fourth-order valence-electron chi connectivity index (χ4n) is 1.95. The van der Waals surface area contributed by atoms with Crippen LogP contribution in [0.15, 0.2) is 21.9 Å². The number of H-pyrrole nitrogens is 1. The Labute approximate surface area is 99.8 Å². The fraction of sp³-hybridized carbons (Fsp3) is 0.600. The van der Waals surface area contributed by atoms with Gasteiger partial charge in [-0.15, -0.1) is 0 Å². The summed E-state index contributed by atoms with van der Waals surface area (Å²) in [6.07, 6.45) is -3.48. The van der Waals surface area contributed by atoms with Crippen LogP contribution in [0.4, 0.5) is 8.78 Å². The van der Waals surface area contributed by atoms with Gasteiger partial charge in [0, 0.05) is 12.3 Å². The van der Waals surface area contributed by atoms with E-state index in [-0.39, 0.29) is 0 Å². The third-order valence-corrected chi connectivity index (χ3v) is 2.97. The van der Waals surface area contributed by atoms with Crippen molar-refractivity contribution in [3.8, 4) is 0 Å². The predicted molar refractivity (Wildman–Crippen MR) is 56.7 cm³/mol. The van der Waals surface area contributed by atoms with Crippen molar-refractivity contribution in [2.24, 2.45) is 0 Å². The van der Waals surface area contributed by atoms with Crippen LogP contribution in [0.5, 0.6) is 0 Å². The van der Waals surface area contributed by atoms with E-state index >= 15 is 0 Å². The molecule has 1 fully saturated rings. The Balaban J connectivity index is 2.45. The molecule has 0 saturated carbocycles. The molecular weight excluding hydrogens is 250 g/mol. The molecule has 2 rings (SSSR count). The van der Waals surface area contributed by atoms with E-state index in [4.69, 9.17) is 4.74 Å². The van der Waals surface area contributed by atoms with Crippen LogP contribution < -0.4 is 11.2 Å². The Kier molecular flexibility index (Phi) is 3.07. The number of hydrogen-bond donors (Lipinski definition) is 2. The first-order valence-electron chi connectivity index (χ1n) is 5.28. The van der Waals surface area contributed by atoms with Crippen molar-refractivity contribution in [3.63, 3.8) is 0 Å². The molecule has 0 spiro atoms. The number of aliphatic hydroxyl groups is 1. The maximum atomic E-state index is 14.3. The highest BCUT2D eigenvalue weighted by Crippen LogP contribution is 2.40. The van der Waals surface area contributed by atoms with E-state index in [1.165, 1.54) is 0 Å². The van der Waals surface area contributed by atoms with Gasteiger partial charge in [-0.05, 0) is 6.92 Å². The van der Waals surface area contributed by atoms with Gasteiger partial charge < -0.3 is 9.84 Å². The number of nitrogens with one attached hydrogen (secondary N) is 1. The molecule has 0 amide bonds. The smallest absolute Gasteiger partial charge is 0.330 e. The minimum absolute atomic E-state index is 0.641. The van der Waals surface area contributed by atoms with Crippen molar-refractivity contribution >= 4 is 0 Å². The average molecular weight is 262 g/mol. The van der Waals surface area contributed by atoms with Gasteiger partial charge in [0.25, 0.3) is 5.56 Å². The summed E-state index contributed by atoms with van der Waals surface area (Å²) in [4.78, 5) is 24.3. The van der Waals surface area contributed by atoms with Gasteiger partial charge >= 0.3 is 5.69 Å². The van der Waals surface area contributed by atoms with E-state index < -0.39 is 42.0 Å². The molecule has 2 unspecified atom stereocenters. The third kappa shape index (κ3) is 1.87. The molecule has 8 heteroatoms. The number of halogens is 2. The SMILES string of the molecule is C[C@]1(F)C(n2ccc(=O)[nH]c2=O)OC(CF)[C@H]1O. The Morgan fingerprint density at radius 3 is 2.78 bits per heavy atom. The number of alkyl halides is 2. The number of aromatic nitrogens is 2. The lowest BCUT2D eigenvalue weighted by Crippen LogP contribution is -2.43. The summed E-state index contributed by atoms with van der Waals surface area (Å²) in [5.74, 6) is 0. The van der Waals surface area contributed by atoms with E-state index in [0.717, 1.165) is 23.8 Å². The summed E-state index contributed by atoms with van der Waals surface area (Å²) < 4.78 is 32.6. The first kappa shape index (κ1) is 12.9. The van der Waals surface area contributed by atoms with E-state index in [9.17, 15) is 23.5 Å². The Bertz CT molecular complexity index is 553. The number of rotatable bonds is 2. The normalized spacial score (nSPS) is 35.9. The molecule has 0 radical (unpaired) electrons. The number of nitrogens with zero attached hydrogens (tertiary/aromatic N) is 1. The van der Waals surface area contributed by atoms with E-state index in [0.29, 0.717) is 0 Å². The summed E-state index contributed by atoms with van der Waals surface area (Å²) in [5.41, 5.74) is -3.86. The summed E-state index contributed by atoms with van der Waals surface area (Å²) in [5, 5.41) is 9.57. The molecule has 0 bridgehead atoms. The molecule has 18 heavy (non-hydrogen) atoms. The minimum Gasteiger partial charge on any atom is -0.387 e. The average Bonchev–Trinajstić information content (AvgIpc) is 2.52. The Morgan fingerprint density at radius 2 is 2.28 bits per heavy atom.